The Morgan fingerprint density at radius 3 is 2.56 bits per heavy atom. The van der Waals surface area contributed by atoms with Gasteiger partial charge in [-0.15, -0.1) is 0 Å². The standard InChI is InChI=1S/C18H21NO6/c1-4-5-12(17(22)23)19-15(21)8-11-10(3)16-13(20)6-9(2)7-14(16)25-18(11)24/h6-7,12,20H,4-5,8H2,1-3H3,(H,19,21)(H,22,23)/t12-/m0/s1. The number of phenolic OH excluding ortho intramolecular Hbond substituents is 1. The molecule has 0 aliphatic heterocycles. The summed E-state index contributed by atoms with van der Waals surface area (Å²) in [6, 6.07) is 2.18. The quantitative estimate of drug-likeness (QED) is 0.688. The summed E-state index contributed by atoms with van der Waals surface area (Å²) in [5, 5.41) is 22.0. The van der Waals surface area contributed by atoms with Crippen LogP contribution < -0.4 is 10.9 Å². The number of benzene rings is 1. The number of carboxylic acids is 1. The molecule has 0 radical (unpaired) electrons. The Balaban J connectivity index is 2.37. The summed E-state index contributed by atoms with van der Waals surface area (Å²) < 4.78 is 5.22. The van der Waals surface area contributed by atoms with Crippen molar-refractivity contribution in [2.45, 2.75) is 46.1 Å². The molecule has 1 aromatic carbocycles. The van der Waals surface area contributed by atoms with E-state index < -0.39 is 23.5 Å². The van der Waals surface area contributed by atoms with Crippen molar-refractivity contribution in [2.24, 2.45) is 0 Å². The van der Waals surface area contributed by atoms with Gasteiger partial charge in [0, 0.05) is 0 Å². The van der Waals surface area contributed by atoms with Crippen LogP contribution in [0.25, 0.3) is 11.0 Å². The van der Waals surface area contributed by atoms with Crippen LogP contribution in [-0.2, 0) is 16.0 Å². The molecule has 0 saturated carbocycles. The van der Waals surface area contributed by atoms with Gasteiger partial charge < -0.3 is 19.9 Å². The molecule has 1 amide bonds. The number of fused-ring (bicyclic) bond motifs is 1. The van der Waals surface area contributed by atoms with E-state index in [4.69, 9.17) is 9.52 Å². The van der Waals surface area contributed by atoms with Crippen LogP contribution in [0.1, 0.15) is 36.5 Å². The molecule has 1 heterocycles. The van der Waals surface area contributed by atoms with E-state index >= 15 is 0 Å². The number of hydrogen-bond donors (Lipinski definition) is 3. The zero-order valence-corrected chi connectivity index (χ0v) is 14.4. The second-order valence-corrected chi connectivity index (χ2v) is 6.07. The lowest BCUT2D eigenvalue weighted by molar-refractivity contribution is -0.141. The first-order valence-electron chi connectivity index (χ1n) is 8.02. The molecule has 2 rings (SSSR count). The number of phenols is 1. The number of hydrogen-bond acceptors (Lipinski definition) is 5. The van der Waals surface area contributed by atoms with Crippen molar-refractivity contribution in [3.8, 4) is 5.75 Å². The Labute approximate surface area is 144 Å². The van der Waals surface area contributed by atoms with E-state index in [1.807, 2.05) is 6.92 Å². The molecule has 1 aromatic heterocycles. The van der Waals surface area contributed by atoms with E-state index in [-0.39, 0.29) is 23.3 Å². The molecule has 0 bridgehead atoms. The zero-order valence-electron chi connectivity index (χ0n) is 14.4. The number of carbonyl (C=O) groups excluding carboxylic acids is 1. The van der Waals surface area contributed by atoms with Crippen LogP contribution in [0.2, 0.25) is 0 Å². The Bertz CT molecular complexity index is 883. The zero-order chi connectivity index (χ0) is 18.7. The average Bonchev–Trinajstić information content (AvgIpc) is 2.49. The minimum atomic E-state index is -1.12. The number of carboxylic acid groups (broad SMARTS) is 1. The molecule has 0 aliphatic rings. The molecule has 25 heavy (non-hydrogen) atoms. The summed E-state index contributed by atoms with van der Waals surface area (Å²) >= 11 is 0. The molecule has 134 valence electrons. The summed E-state index contributed by atoms with van der Waals surface area (Å²) in [6.07, 6.45) is 0.582. The number of nitrogens with one attached hydrogen (secondary N) is 1. The van der Waals surface area contributed by atoms with E-state index in [1.165, 1.54) is 0 Å². The first-order chi connectivity index (χ1) is 11.7. The molecular weight excluding hydrogens is 326 g/mol. The van der Waals surface area contributed by atoms with Crippen LogP contribution in [0.4, 0.5) is 0 Å². The predicted molar refractivity (Wildman–Crippen MR) is 91.8 cm³/mol. The Hall–Kier alpha value is -2.83. The fraction of sp³-hybridized carbons (Fsp3) is 0.389. The Morgan fingerprint density at radius 2 is 1.96 bits per heavy atom. The summed E-state index contributed by atoms with van der Waals surface area (Å²) in [6.45, 7) is 5.20. The number of rotatable bonds is 6. The van der Waals surface area contributed by atoms with Crippen molar-refractivity contribution < 1.29 is 24.2 Å². The highest BCUT2D eigenvalue weighted by Crippen LogP contribution is 2.29. The smallest absolute Gasteiger partial charge is 0.340 e. The minimum Gasteiger partial charge on any atom is -0.507 e. The maximum Gasteiger partial charge on any atom is 0.340 e. The largest absolute Gasteiger partial charge is 0.507 e. The molecule has 7 nitrogen and oxygen atoms in total. The van der Waals surface area contributed by atoms with Gasteiger partial charge in [0.25, 0.3) is 0 Å². The molecule has 0 aliphatic carbocycles. The van der Waals surface area contributed by atoms with Crippen molar-refractivity contribution in [3.63, 3.8) is 0 Å². The van der Waals surface area contributed by atoms with Crippen LogP contribution >= 0.6 is 0 Å². The van der Waals surface area contributed by atoms with Crippen molar-refractivity contribution in [1.82, 2.24) is 5.32 Å². The second-order valence-electron chi connectivity index (χ2n) is 6.07. The maximum atomic E-state index is 12.2. The lowest BCUT2D eigenvalue weighted by Gasteiger charge is -2.14. The summed E-state index contributed by atoms with van der Waals surface area (Å²) in [5.74, 6) is -1.74. The lowest BCUT2D eigenvalue weighted by atomic mass is 10.0. The SMILES string of the molecule is CCC[C@H](NC(=O)Cc1c(C)c2c(O)cc(C)cc2oc1=O)C(=O)O. The molecule has 0 spiro atoms. The molecule has 7 heteroatoms. The molecule has 3 N–H and O–H groups in total. The van der Waals surface area contributed by atoms with Gasteiger partial charge >= 0.3 is 11.6 Å². The Morgan fingerprint density at radius 1 is 1.28 bits per heavy atom. The van der Waals surface area contributed by atoms with E-state index in [0.29, 0.717) is 23.8 Å². The molecule has 2 aromatic rings. The van der Waals surface area contributed by atoms with Crippen molar-refractivity contribution in [2.75, 3.05) is 0 Å². The van der Waals surface area contributed by atoms with Gasteiger partial charge in [0.2, 0.25) is 5.91 Å². The van der Waals surface area contributed by atoms with Crippen molar-refractivity contribution in [3.05, 3.63) is 39.2 Å². The fourth-order valence-electron chi connectivity index (χ4n) is 2.81. The number of aliphatic carboxylic acids is 1. The van der Waals surface area contributed by atoms with Crippen LogP contribution in [0.15, 0.2) is 21.3 Å². The van der Waals surface area contributed by atoms with Gasteiger partial charge in [0.15, 0.2) is 0 Å². The summed E-state index contributed by atoms with van der Waals surface area (Å²) in [4.78, 5) is 35.5. The first-order valence-corrected chi connectivity index (χ1v) is 8.02. The van der Waals surface area contributed by atoms with Crippen LogP contribution in [0.3, 0.4) is 0 Å². The highest BCUT2D eigenvalue weighted by Gasteiger charge is 2.22. The van der Waals surface area contributed by atoms with Crippen LogP contribution in [0, 0.1) is 13.8 Å². The number of carbonyl (C=O) groups is 2. The third kappa shape index (κ3) is 3.99. The third-order valence-corrected chi connectivity index (χ3v) is 4.05. The fourth-order valence-corrected chi connectivity index (χ4v) is 2.81. The Kier molecular flexibility index (Phi) is 5.46. The number of aromatic hydroxyl groups is 1. The summed E-state index contributed by atoms with van der Waals surface area (Å²) in [7, 11) is 0. The van der Waals surface area contributed by atoms with Gasteiger partial charge in [-0.1, -0.05) is 13.3 Å². The normalized spacial score (nSPS) is 12.1. The number of aryl methyl sites for hydroxylation is 2. The maximum absolute atomic E-state index is 12.2. The van der Waals surface area contributed by atoms with E-state index in [1.54, 1.807) is 26.0 Å². The minimum absolute atomic E-state index is 0.0349. The average molecular weight is 347 g/mol. The van der Waals surface area contributed by atoms with Gasteiger partial charge in [-0.05, 0) is 43.5 Å². The summed E-state index contributed by atoms with van der Waals surface area (Å²) in [5.41, 5.74) is 0.860. The van der Waals surface area contributed by atoms with Crippen molar-refractivity contribution in [1.29, 1.82) is 0 Å². The highest BCUT2D eigenvalue weighted by molar-refractivity contribution is 5.90. The van der Waals surface area contributed by atoms with Crippen LogP contribution in [0.5, 0.6) is 5.75 Å². The molecule has 0 fully saturated rings. The van der Waals surface area contributed by atoms with Gasteiger partial charge in [-0.25, -0.2) is 9.59 Å². The second kappa shape index (κ2) is 7.38. The van der Waals surface area contributed by atoms with E-state index in [0.717, 1.165) is 5.56 Å². The molecular formula is C18H21NO6. The monoisotopic (exact) mass is 347 g/mol. The topological polar surface area (TPSA) is 117 Å². The molecule has 1 atom stereocenters. The van der Waals surface area contributed by atoms with Gasteiger partial charge in [0.05, 0.1) is 17.4 Å². The van der Waals surface area contributed by atoms with Gasteiger partial charge in [-0.2, -0.15) is 0 Å². The first kappa shape index (κ1) is 18.5. The predicted octanol–water partition coefficient (Wildman–Crippen LogP) is 2.03. The highest BCUT2D eigenvalue weighted by atomic mass is 16.4. The lowest BCUT2D eigenvalue weighted by Crippen LogP contribution is -2.41. The number of amides is 1. The van der Waals surface area contributed by atoms with Gasteiger partial charge in [-0.3, -0.25) is 4.79 Å². The van der Waals surface area contributed by atoms with Gasteiger partial charge in [0.1, 0.15) is 17.4 Å². The van der Waals surface area contributed by atoms with E-state index in [9.17, 15) is 19.5 Å². The molecule has 0 unspecified atom stereocenters. The molecule has 0 saturated heterocycles. The van der Waals surface area contributed by atoms with Crippen molar-refractivity contribution >= 4 is 22.8 Å². The van der Waals surface area contributed by atoms with E-state index in [2.05, 4.69) is 5.32 Å². The van der Waals surface area contributed by atoms with Crippen LogP contribution in [-0.4, -0.2) is 28.1 Å². The third-order valence-electron chi connectivity index (χ3n) is 4.05.